The zero-order valence-corrected chi connectivity index (χ0v) is 16.8. The van der Waals surface area contributed by atoms with E-state index < -0.39 is 10.9 Å². The molecule has 0 aliphatic carbocycles. The highest BCUT2D eigenvalue weighted by Crippen LogP contribution is 2.37. The molecule has 1 amide bonds. The van der Waals surface area contributed by atoms with Crippen LogP contribution in [0.1, 0.15) is 15.9 Å². The zero-order chi connectivity index (χ0) is 21.3. The molecule has 1 aliphatic rings. The van der Waals surface area contributed by atoms with Gasteiger partial charge in [-0.05, 0) is 53.1 Å². The Morgan fingerprint density at radius 1 is 0.933 bits per heavy atom. The summed E-state index contributed by atoms with van der Waals surface area (Å²) in [4.78, 5) is 12.7. The normalized spacial score (nSPS) is 12.4. The number of fused-ring (bicyclic) bond motifs is 2. The smallest absolute Gasteiger partial charge is 0.257 e. The van der Waals surface area contributed by atoms with Crippen LogP contribution in [0.25, 0.3) is 11.1 Å². The lowest BCUT2D eigenvalue weighted by atomic mass is 10.0. The number of carbonyl (C=O) groups excluding carboxylic acids is 1. The van der Waals surface area contributed by atoms with Gasteiger partial charge in [-0.3, -0.25) is 4.79 Å². The van der Waals surface area contributed by atoms with E-state index in [1.807, 2.05) is 12.1 Å². The van der Waals surface area contributed by atoms with Crippen LogP contribution in [0, 0.1) is 0 Å². The predicted octanol–water partition coefficient (Wildman–Crippen LogP) is 2.99. The molecule has 1 heterocycles. The Kier molecular flexibility index (Phi) is 5.30. The number of nitrogens with one attached hydrogen (secondary N) is 3. The summed E-state index contributed by atoms with van der Waals surface area (Å²) in [5, 5.41) is 15.9. The lowest BCUT2D eigenvalue weighted by Gasteiger charge is -2.12. The predicted molar refractivity (Wildman–Crippen MR) is 115 cm³/mol. The Labute approximate surface area is 174 Å². The van der Waals surface area contributed by atoms with E-state index in [4.69, 9.17) is 4.74 Å². The number of phenols is 1. The first-order valence-corrected chi connectivity index (χ1v) is 10.2. The van der Waals surface area contributed by atoms with E-state index in [0.717, 1.165) is 16.7 Å². The zero-order valence-electron chi connectivity index (χ0n) is 15.9. The average Bonchev–Trinajstić information content (AvgIpc) is 2.87. The molecule has 8 nitrogen and oxygen atoms in total. The summed E-state index contributed by atoms with van der Waals surface area (Å²) in [6.07, 6.45) is 0. The molecule has 9 heteroatoms. The number of ether oxygens (including phenoxy) is 1. The Morgan fingerprint density at radius 2 is 1.70 bits per heavy atom. The van der Waals surface area contributed by atoms with Gasteiger partial charge in [0.15, 0.2) is 11.5 Å². The standard InChI is InChI=1S/C21H19N3O5S/c1-29-20-10-14(4-7-19(20)25)13-3-5-15-17(9-13)23-16-6-2-12(11-22-30(27)28)8-18(16)24-21(15)26/h2-10,23,25,30H,11H2,1H3,(H,24,26)(H,22,27,28). The topological polar surface area (TPSA) is 117 Å². The summed E-state index contributed by atoms with van der Waals surface area (Å²) in [6.45, 7) is 0.141. The van der Waals surface area contributed by atoms with Gasteiger partial charge in [-0.1, -0.05) is 18.2 Å². The molecular formula is C21H19N3O5S. The van der Waals surface area contributed by atoms with Gasteiger partial charge >= 0.3 is 0 Å². The van der Waals surface area contributed by atoms with Gasteiger partial charge < -0.3 is 20.5 Å². The highest BCUT2D eigenvalue weighted by Gasteiger charge is 2.20. The monoisotopic (exact) mass is 425 g/mol. The number of hydrogen-bond donors (Lipinski definition) is 5. The van der Waals surface area contributed by atoms with E-state index in [9.17, 15) is 18.3 Å². The molecule has 0 saturated carbocycles. The average molecular weight is 425 g/mol. The van der Waals surface area contributed by atoms with Gasteiger partial charge in [0.2, 0.25) is 10.9 Å². The summed E-state index contributed by atoms with van der Waals surface area (Å²) in [6, 6.07) is 15.7. The molecule has 0 aromatic heterocycles. The molecule has 4 N–H and O–H groups in total. The van der Waals surface area contributed by atoms with Crippen LogP contribution in [0.3, 0.4) is 0 Å². The van der Waals surface area contributed by atoms with E-state index in [1.165, 1.54) is 7.11 Å². The van der Waals surface area contributed by atoms with Crippen LogP contribution in [0.2, 0.25) is 0 Å². The largest absolute Gasteiger partial charge is 0.504 e. The fourth-order valence-corrected chi connectivity index (χ4v) is 3.60. The summed E-state index contributed by atoms with van der Waals surface area (Å²) < 4.78 is 29.0. The maximum absolute atomic E-state index is 12.7. The van der Waals surface area contributed by atoms with Crippen molar-refractivity contribution in [2.45, 2.75) is 6.54 Å². The van der Waals surface area contributed by atoms with Gasteiger partial charge in [-0.2, -0.15) is 0 Å². The molecule has 3 aromatic carbocycles. The van der Waals surface area contributed by atoms with Crippen molar-refractivity contribution >= 4 is 33.9 Å². The number of benzene rings is 3. The molecule has 0 saturated heterocycles. The number of aromatic hydroxyl groups is 1. The molecule has 0 spiro atoms. The van der Waals surface area contributed by atoms with Crippen LogP contribution in [-0.2, 0) is 17.4 Å². The van der Waals surface area contributed by atoms with E-state index >= 15 is 0 Å². The second kappa shape index (κ2) is 8.05. The van der Waals surface area contributed by atoms with Crippen molar-refractivity contribution in [1.82, 2.24) is 4.72 Å². The molecule has 4 rings (SSSR count). The van der Waals surface area contributed by atoms with Crippen LogP contribution in [-0.4, -0.2) is 26.5 Å². The minimum Gasteiger partial charge on any atom is -0.504 e. The van der Waals surface area contributed by atoms with E-state index in [-0.39, 0.29) is 18.2 Å². The van der Waals surface area contributed by atoms with E-state index in [0.29, 0.717) is 28.4 Å². The van der Waals surface area contributed by atoms with Crippen LogP contribution < -0.4 is 20.1 Å². The Hall–Kier alpha value is -3.56. The lowest BCUT2D eigenvalue weighted by molar-refractivity contribution is 0.102. The van der Waals surface area contributed by atoms with Crippen molar-refractivity contribution in [3.05, 3.63) is 65.7 Å². The molecule has 0 unspecified atom stereocenters. The number of rotatable bonds is 5. The second-order valence-electron chi connectivity index (χ2n) is 6.70. The maximum Gasteiger partial charge on any atom is 0.257 e. The first kappa shape index (κ1) is 19.7. The fourth-order valence-electron chi connectivity index (χ4n) is 3.29. The van der Waals surface area contributed by atoms with Crippen molar-refractivity contribution in [2.24, 2.45) is 0 Å². The molecule has 154 valence electrons. The molecule has 30 heavy (non-hydrogen) atoms. The first-order chi connectivity index (χ1) is 14.4. The van der Waals surface area contributed by atoms with Gasteiger partial charge in [0.1, 0.15) is 0 Å². The fraction of sp³-hybridized carbons (Fsp3) is 0.0952. The summed E-state index contributed by atoms with van der Waals surface area (Å²) >= 11 is 0. The second-order valence-corrected chi connectivity index (χ2v) is 7.53. The van der Waals surface area contributed by atoms with Crippen molar-refractivity contribution in [3.8, 4) is 22.6 Å². The quantitative estimate of drug-likeness (QED) is 0.401. The van der Waals surface area contributed by atoms with Gasteiger partial charge in [0.05, 0.1) is 29.7 Å². The van der Waals surface area contributed by atoms with E-state index in [1.54, 1.807) is 42.5 Å². The molecular weight excluding hydrogens is 406 g/mol. The molecule has 0 radical (unpaired) electrons. The number of thiol groups is 1. The third-order valence-corrected chi connectivity index (χ3v) is 5.21. The number of hydrogen-bond acceptors (Lipinski definition) is 6. The maximum atomic E-state index is 12.7. The number of amides is 1. The summed E-state index contributed by atoms with van der Waals surface area (Å²) in [5.74, 6) is 0.139. The Morgan fingerprint density at radius 3 is 2.47 bits per heavy atom. The minimum atomic E-state index is -2.70. The van der Waals surface area contributed by atoms with Crippen molar-refractivity contribution < 1.29 is 23.1 Å². The van der Waals surface area contributed by atoms with Crippen LogP contribution in [0.15, 0.2) is 54.6 Å². The van der Waals surface area contributed by atoms with Gasteiger partial charge in [0, 0.05) is 6.54 Å². The van der Waals surface area contributed by atoms with Gasteiger partial charge in [-0.15, -0.1) is 0 Å². The minimum absolute atomic E-state index is 0.0502. The number of methoxy groups -OCH3 is 1. The Balaban J connectivity index is 1.69. The van der Waals surface area contributed by atoms with Crippen LogP contribution >= 0.6 is 0 Å². The van der Waals surface area contributed by atoms with Crippen molar-refractivity contribution in [3.63, 3.8) is 0 Å². The third-order valence-electron chi connectivity index (χ3n) is 4.79. The van der Waals surface area contributed by atoms with Crippen LogP contribution in [0.5, 0.6) is 11.5 Å². The third kappa shape index (κ3) is 3.93. The SMILES string of the molecule is COc1cc(-c2ccc3c(c2)Nc2ccc(CN[SH](=O)=O)cc2NC3=O)ccc1O. The van der Waals surface area contributed by atoms with E-state index in [2.05, 4.69) is 15.4 Å². The molecule has 0 bridgehead atoms. The number of anilines is 3. The van der Waals surface area contributed by atoms with Crippen molar-refractivity contribution in [2.75, 3.05) is 17.7 Å². The molecule has 0 fully saturated rings. The number of carbonyl (C=O) groups is 1. The van der Waals surface area contributed by atoms with Gasteiger partial charge in [0.25, 0.3) is 5.91 Å². The van der Waals surface area contributed by atoms with Crippen molar-refractivity contribution in [1.29, 1.82) is 0 Å². The molecule has 3 aromatic rings. The first-order valence-electron chi connectivity index (χ1n) is 9.05. The highest BCUT2D eigenvalue weighted by atomic mass is 32.2. The number of phenolic OH excluding ortho intramolecular Hbond substituents is 1. The van der Waals surface area contributed by atoms with Crippen LogP contribution in [0.4, 0.5) is 17.1 Å². The Bertz CT molecular complexity index is 1220. The summed E-state index contributed by atoms with van der Waals surface area (Å²) in [7, 11) is -1.21. The highest BCUT2D eigenvalue weighted by molar-refractivity contribution is 7.70. The summed E-state index contributed by atoms with van der Waals surface area (Å²) in [5.41, 5.74) is 4.75. The molecule has 1 aliphatic heterocycles. The lowest BCUT2D eigenvalue weighted by Crippen LogP contribution is -2.12. The molecule has 0 atom stereocenters. The van der Waals surface area contributed by atoms with Gasteiger partial charge in [-0.25, -0.2) is 13.1 Å².